The van der Waals surface area contributed by atoms with Crippen molar-refractivity contribution in [1.82, 2.24) is 5.01 Å². The Kier molecular flexibility index (Phi) is 10.1. The third-order valence-corrected chi connectivity index (χ3v) is 4.25. The molecule has 0 aromatic rings. The Morgan fingerprint density at radius 3 is 2.09 bits per heavy atom. The molecule has 4 nitrogen and oxygen atoms in total. The van der Waals surface area contributed by atoms with E-state index in [2.05, 4.69) is 20.8 Å². The lowest BCUT2D eigenvalue weighted by Gasteiger charge is -2.31. The van der Waals surface area contributed by atoms with Crippen LogP contribution in [-0.2, 0) is 0 Å². The lowest BCUT2D eigenvalue weighted by Crippen LogP contribution is -2.47. The average molecular weight is 309 g/mol. The summed E-state index contributed by atoms with van der Waals surface area (Å²) in [5, 5.41) is 1.84. The number of aliphatic imine (C=N–C) groups is 2. The molecule has 0 amide bonds. The Morgan fingerprint density at radius 1 is 0.864 bits per heavy atom. The Balaban J connectivity index is 2.64. The van der Waals surface area contributed by atoms with E-state index in [0.29, 0.717) is 0 Å². The molecule has 4 heteroatoms. The number of amidine groups is 2. The fraction of sp³-hybridized carbons (Fsp3) is 0.889. The zero-order valence-electron chi connectivity index (χ0n) is 15.0. The first-order valence-electron chi connectivity index (χ1n) is 9.41. The Bertz CT molecular complexity index is 349. The van der Waals surface area contributed by atoms with Crippen LogP contribution in [0.15, 0.2) is 9.98 Å². The number of nitrogens with two attached hydrogens (primary N) is 1. The van der Waals surface area contributed by atoms with Crippen LogP contribution >= 0.6 is 0 Å². The van der Waals surface area contributed by atoms with Crippen LogP contribution in [0.2, 0.25) is 0 Å². The molecular weight excluding hydrogens is 272 g/mol. The molecule has 0 aromatic heterocycles. The van der Waals surface area contributed by atoms with Gasteiger partial charge in [0, 0.05) is 12.8 Å². The fourth-order valence-corrected chi connectivity index (χ4v) is 2.79. The highest BCUT2D eigenvalue weighted by atomic mass is 15.5. The van der Waals surface area contributed by atoms with Gasteiger partial charge in [0.2, 0.25) is 0 Å². The molecule has 1 atom stereocenters. The summed E-state index contributed by atoms with van der Waals surface area (Å²) in [6.45, 7) is 6.70. The molecule has 0 fully saturated rings. The van der Waals surface area contributed by atoms with Gasteiger partial charge >= 0.3 is 0 Å². The average Bonchev–Trinajstić information content (AvgIpc) is 2.52. The van der Waals surface area contributed by atoms with Crippen LogP contribution in [0.4, 0.5) is 0 Å². The lowest BCUT2D eigenvalue weighted by molar-refractivity contribution is 0.293. The number of hydrogen-bond donors (Lipinski definition) is 1. The molecule has 1 rings (SSSR count). The van der Waals surface area contributed by atoms with Crippen LogP contribution in [0.3, 0.4) is 0 Å². The minimum Gasteiger partial charge on any atom is -0.274 e. The van der Waals surface area contributed by atoms with Crippen LogP contribution < -0.4 is 5.84 Å². The molecule has 0 radical (unpaired) electrons. The largest absolute Gasteiger partial charge is 0.274 e. The van der Waals surface area contributed by atoms with Gasteiger partial charge in [-0.1, -0.05) is 59.3 Å². The smallest absolute Gasteiger partial charge is 0.138 e. The van der Waals surface area contributed by atoms with Gasteiger partial charge < -0.3 is 0 Å². The number of rotatable bonds is 12. The second-order valence-corrected chi connectivity index (χ2v) is 6.37. The summed E-state index contributed by atoms with van der Waals surface area (Å²) < 4.78 is 0. The normalized spacial score (nSPS) is 18.4. The molecule has 2 N–H and O–H groups in total. The van der Waals surface area contributed by atoms with Crippen molar-refractivity contribution in [3.63, 3.8) is 0 Å². The minimum absolute atomic E-state index is 0.109. The molecule has 0 bridgehead atoms. The van der Waals surface area contributed by atoms with E-state index in [1.165, 1.54) is 57.8 Å². The van der Waals surface area contributed by atoms with Crippen LogP contribution in [0.1, 0.15) is 97.8 Å². The summed E-state index contributed by atoms with van der Waals surface area (Å²) in [4.78, 5) is 9.57. The van der Waals surface area contributed by atoms with Crippen molar-refractivity contribution >= 4 is 11.7 Å². The Labute approximate surface area is 137 Å². The van der Waals surface area contributed by atoms with Crippen LogP contribution in [-0.4, -0.2) is 22.8 Å². The molecule has 1 aliphatic rings. The van der Waals surface area contributed by atoms with Gasteiger partial charge in [-0.05, 0) is 25.7 Å². The molecule has 0 saturated heterocycles. The van der Waals surface area contributed by atoms with E-state index in [1.807, 2.05) is 5.01 Å². The number of unbranched alkanes of at least 4 members (excludes halogenated alkanes) is 6. The Morgan fingerprint density at radius 2 is 1.45 bits per heavy atom. The van der Waals surface area contributed by atoms with Gasteiger partial charge in [0.25, 0.3) is 0 Å². The second kappa shape index (κ2) is 11.6. The molecule has 22 heavy (non-hydrogen) atoms. The first kappa shape index (κ1) is 19.1. The lowest BCUT2D eigenvalue weighted by atomic mass is 10.1. The quantitative estimate of drug-likeness (QED) is 0.405. The maximum Gasteiger partial charge on any atom is 0.138 e. The SMILES string of the molecule is CCCCCC1=NC(CCCCC)N(N)C(CCCCC)=N1. The van der Waals surface area contributed by atoms with Gasteiger partial charge in [0.1, 0.15) is 17.8 Å². The van der Waals surface area contributed by atoms with Gasteiger partial charge in [-0.3, -0.25) is 5.01 Å². The zero-order valence-corrected chi connectivity index (χ0v) is 15.0. The Hall–Kier alpha value is -0.900. The number of hydrazine groups is 1. The molecule has 128 valence electrons. The molecule has 0 spiro atoms. The van der Waals surface area contributed by atoms with Crippen LogP contribution in [0.25, 0.3) is 0 Å². The summed E-state index contributed by atoms with van der Waals surface area (Å²) >= 11 is 0. The maximum atomic E-state index is 6.30. The van der Waals surface area contributed by atoms with E-state index in [0.717, 1.165) is 30.9 Å². The van der Waals surface area contributed by atoms with Gasteiger partial charge in [-0.2, -0.15) is 0 Å². The van der Waals surface area contributed by atoms with Crippen LogP contribution in [0.5, 0.6) is 0 Å². The topological polar surface area (TPSA) is 54.0 Å². The van der Waals surface area contributed by atoms with E-state index in [-0.39, 0.29) is 6.17 Å². The van der Waals surface area contributed by atoms with E-state index >= 15 is 0 Å². The maximum absolute atomic E-state index is 6.30. The number of nitrogens with zero attached hydrogens (tertiary/aromatic N) is 3. The van der Waals surface area contributed by atoms with E-state index in [4.69, 9.17) is 15.8 Å². The van der Waals surface area contributed by atoms with Crippen molar-refractivity contribution < 1.29 is 0 Å². The third kappa shape index (κ3) is 6.91. The predicted molar refractivity (Wildman–Crippen MR) is 97.1 cm³/mol. The molecule has 1 aliphatic heterocycles. The van der Waals surface area contributed by atoms with Gasteiger partial charge in [-0.15, -0.1) is 0 Å². The first-order chi connectivity index (χ1) is 10.7. The molecule has 0 aliphatic carbocycles. The van der Waals surface area contributed by atoms with Crippen molar-refractivity contribution in [2.24, 2.45) is 15.8 Å². The molecular formula is C18H36N4. The van der Waals surface area contributed by atoms with Crippen LogP contribution in [0, 0.1) is 0 Å². The summed E-state index contributed by atoms with van der Waals surface area (Å²) in [5.74, 6) is 8.38. The van der Waals surface area contributed by atoms with E-state index in [1.54, 1.807) is 0 Å². The summed E-state index contributed by atoms with van der Waals surface area (Å²) in [7, 11) is 0. The number of hydrogen-bond acceptors (Lipinski definition) is 4. The summed E-state index contributed by atoms with van der Waals surface area (Å²) in [6, 6.07) is 0. The van der Waals surface area contributed by atoms with Crippen molar-refractivity contribution in [3.8, 4) is 0 Å². The predicted octanol–water partition coefficient (Wildman–Crippen LogP) is 5.04. The van der Waals surface area contributed by atoms with Crippen molar-refractivity contribution in [2.75, 3.05) is 0 Å². The summed E-state index contributed by atoms with van der Waals surface area (Å²) in [6.07, 6.45) is 14.2. The minimum atomic E-state index is 0.109. The van der Waals surface area contributed by atoms with Crippen molar-refractivity contribution in [3.05, 3.63) is 0 Å². The highest BCUT2D eigenvalue weighted by Crippen LogP contribution is 2.18. The monoisotopic (exact) mass is 308 g/mol. The van der Waals surface area contributed by atoms with Gasteiger partial charge in [0.15, 0.2) is 0 Å². The van der Waals surface area contributed by atoms with Gasteiger partial charge in [0.05, 0.1) is 0 Å². The molecule has 0 saturated carbocycles. The van der Waals surface area contributed by atoms with Crippen molar-refractivity contribution in [2.45, 2.75) is 104 Å². The fourth-order valence-electron chi connectivity index (χ4n) is 2.79. The third-order valence-electron chi connectivity index (χ3n) is 4.25. The van der Waals surface area contributed by atoms with E-state index in [9.17, 15) is 0 Å². The first-order valence-corrected chi connectivity index (χ1v) is 9.41. The molecule has 1 unspecified atom stereocenters. The van der Waals surface area contributed by atoms with Crippen molar-refractivity contribution in [1.29, 1.82) is 0 Å². The highest BCUT2D eigenvalue weighted by Gasteiger charge is 2.23. The highest BCUT2D eigenvalue weighted by molar-refractivity contribution is 5.98. The molecule has 1 heterocycles. The molecule has 0 aromatic carbocycles. The van der Waals surface area contributed by atoms with E-state index < -0.39 is 0 Å². The summed E-state index contributed by atoms with van der Waals surface area (Å²) in [5.41, 5.74) is 0. The van der Waals surface area contributed by atoms with Gasteiger partial charge in [-0.25, -0.2) is 15.8 Å². The second-order valence-electron chi connectivity index (χ2n) is 6.37. The standard InChI is InChI=1S/C18H36N4/c1-4-7-10-13-16-20-17(14-11-8-5-2)22(19)18(21-16)15-12-9-6-3/h17H,4-15,19H2,1-3H3. The zero-order chi connectivity index (χ0) is 16.2.